The van der Waals surface area contributed by atoms with E-state index < -0.39 is 6.10 Å². The molecule has 6 N–H and O–H groups in total. The molecule has 17 heavy (non-hydrogen) atoms. The largest absolute Gasteiger partial charge is 0.396 e. The monoisotopic (exact) mass is 238 g/mol. The predicted octanol–water partition coefficient (Wildman–Crippen LogP) is 1.45. The van der Waals surface area contributed by atoms with Crippen molar-refractivity contribution in [1.82, 2.24) is 4.98 Å². The minimum absolute atomic E-state index is 0.106. The number of pyridine rings is 1. The van der Waals surface area contributed by atoms with E-state index in [-0.39, 0.29) is 5.41 Å². The molecule has 1 heterocycles. The van der Waals surface area contributed by atoms with E-state index in [9.17, 15) is 5.11 Å². The molecule has 1 rings (SSSR count). The van der Waals surface area contributed by atoms with Crippen LogP contribution in [0, 0.1) is 5.41 Å². The average molecular weight is 238 g/mol. The van der Waals surface area contributed by atoms with Crippen LogP contribution in [0.1, 0.15) is 27.2 Å². The van der Waals surface area contributed by atoms with Gasteiger partial charge in [-0.05, 0) is 24.0 Å². The molecule has 0 aliphatic carbocycles. The van der Waals surface area contributed by atoms with Crippen LogP contribution in [0.5, 0.6) is 0 Å². The normalized spacial score (nSPS) is 13.4. The number of nitrogens with one attached hydrogen (secondary N) is 1. The number of hydrogen-bond donors (Lipinski definition) is 4. The molecule has 0 spiro atoms. The molecule has 0 saturated carbocycles. The first-order valence-electron chi connectivity index (χ1n) is 5.72. The Labute approximate surface area is 102 Å². The number of nitrogens with two attached hydrogens (primary N) is 2. The lowest BCUT2D eigenvalue weighted by molar-refractivity contribution is 0.132. The van der Waals surface area contributed by atoms with Gasteiger partial charge >= 0.3 is 0 Å². The summed E-state index contributed by atoms with van der Waals surface area (Å²) in [6.07, 6.45) is 0.320. The molecule has 0 aliphatic rings. The highest BCUT2D eigenvalue weighted by Crippen LogP contribution is 2.21. The Morgan fingerprint density at radius 1 is 1.35 bits per heavy atom. The van der Waals surface area contributed by atoms with E-state index in [4.69, 9.17) is 11.5 Å². The summed E-state index contributed by atoms with van der Waals surface area (Å²) in [5.74, 6) is 0.935. The van der Waals surface area contributed by atoms with Crippen molar-refractivity contribution in [3.63, 3.8) is 0 Å². The third kappa shape index (κ3) is 4.91. The third-order valence-corrected chi connectivity index (χ3v) is 2.32. The highest BCUT2D eigenvalue weighted by Gasteiger charge is 2.16. The second-order valence-corrected chi connectivity index (χ2v) is 5.47. The van der Waals surface area contributed by atoms with Crippen molar-refractivity contribution in [3.8, 4) is 0 Å². The van der Waals surface area contributed by atoms with Crippen molar-refractivity contribution in [2.45, 2.75) is 33.3 Å². The first-order valence-corrected chi connectivity index (χ1v) is 5.72. The number of anilines is 3. The Bertz CT molecular complexity index is 373. The molecule has 0 aromatic carbocycles. The molecule has 96 valence electrons. The van der Waals surface area contributed by atoms with E-state index in [2.05, 4.69) is 31.1 Å². The molecule has 1 aromatic rings. The molecule has 0 radical (unpaired) electrons. The Morgan fingerprint density at radius 2 is 2.00 bits per heavy atom. The Morgan fingerprint density at radius 3 is 2.53 bits per heavy atom. The molecule has 0 bridgehead atoms. The van der Waals surface area contributed by atoms with Crippen molar-refractivity contribution in [2.24, 2.45) is 5.41 Å². The minimum atomic E-state index is -0.407. The highest BCUT2D eigenvalue weighted by molar-refractivity contribution is 5.61. The first kappa shape index (κ1) is 13.6. The van der Waals surface area contributed by atoms with E-state index in [1.165, 1.54) is 0 Å². The van der Waals surface area contributed by atoms with Gasteiger partial charge in [-0.15, -0.1) is 0 Å². The summed E-state index contributed by atoms with van der Waals surface area (Å²) in [5, 5.41) is 12.9. The van der Waals surface area contributed by atoms with Gasteiger partial charge in [-0.3, -0.25) is 0 Å². The number of aliphatic hydroxyl groups is 1. The molecule has 1 aromatic heterocycles. The van der Waals surface area contributed by atoms with Gasteiger partial charge in [-0.1, -0.05) is 20.8 Å². The van der Waals surface area contributed by atoms with Gasteiger partial charge in [0.1, 0.15) is 11.6 Å². The number of hydrogen-bond acceptors (Lipinski definition) is 5. The molecule has 5 heteroatoms. The molecule has 1 unspecified atom stereocenters. The van der Waals surface area contributed by atoms with E-state index in [1.807, 2.05) is 0 Å². The van der Waals surface area contributed by atoms with Crippen LogP contribution in [-0.2, 0) is 0 Å². The lowest BCUT2D eigenvalue weighted by atomic mass is 9.89. The molecule has 0 amide bonds. The summed E-state index contributed by atoms with van der Waals surface area (Å²) in [6.45, 7) is 6.73. The van der Waals surface area contributed by atoms with Gasteiger partial charge in [0.05, 0.1) is 11.8 Å². The lowest BCUT2D eigenvalue weighted by Crippen LogP contribution is -2.25. The van der Waals surface area contributed by atoms with Crippen LogP contribution in [0.15, 0.2) is 12.1 Å². The number of nitrogen functional groups attached to an aromatic ring is 2. The Balaban J connectivity index is 2.47. The number of aliphatic hydroxyl groups excluding tert-OH is 1. The Hall–Kier alpha value is -1.49. The summed E-state index contributed by atoms with van der Waals surface area (Å²) >= 11 is 0. The summed E-state index contributed by atoms with van der Waals surface area (Å²) < 4.78 is 0. The fraction of sp³-hybridized carbons (Fsp3) is 0.583. The maximum Gasteiger partial charge on any atom is 0.149 e. The highest BCUT2D eigenvalue weighted by atomic mass is 16.3. The van der Waals surface area contributed by atoms with Crippen LogP contribution in [0.2, 0.25) is 0 Å². The molecular formula is C12H22N4O. The van der Waals surface area contributed by atoms with Gasteiger partial charge in [0.25, 0.3) is 0 Å². The van der Waals surface area contributed by atoms with Crippen molar-refractivity contribution in [3.05, 3.63) is 12.1 Å². The van der Waals surface area contributed by atoms with Gasteiger partial charge < -0.3 is 21.9 Å². The summed E-state index contributed by atoms with van der Waals surface area (Å²) in [4.78, 5) is 4.07. The minimum Gasteiger partial charge on any atom is -0.396 e. The molecule has 0 fully saturated rings. The zero-order valence-corrected chi connectivity index (χ0v) is 10.7. The summed E-state index contributed by atoms with van der Waals surface area (Å²) in [6, 6.07) is 3.44. The number of nitrogens with zero attached hydrogens (tertiary/aromatic N) is 1. The predicted molar refractivity (Wildman–Crippen MR) is 71.6 cm³/mol. The van der Waals surface area contributed by atoms with Gasteiger partial charge in [0, 0.05) is 6.54 Å². The number of aromatic nitrogens is 1. The second kappa shape index (κ2) is 5.23. The lowest BCUT2D eigenvalue weighted by Gasteiger charge is -2.22. The van der Waals surface area contributed by atoms with Gasteiger partial charge in [0.2, 0.25) is 0 Å². The van der Waals surface area contributed by atoms with Crippen molar-refractivity contribution >= 4 is 17.3 Å². The SMILES string of the molecule is CC(C)(C)CC(O)CNc1ccc(N)c(N)n1. The van der Waals surface area contributed by atoms with Crippen molar-refractivity contribution in [2.75, 3.05) is 23.3 Å². The van der Waals surface area contributed by atoms with Crippen LogP contribution in [0.3, 0.4) is 0 Å². The van der Waals surface area contributed by atoms with Gasteiger partial charge in [-0.25, -0.2) is 4.98 Å². The van der Waals surface area contributed by atoms with Crippen LogP contribution >= 0.6 is 0 Å². The van der Waals surface area contributed by atoms with Crippen molar-refractivity contribution < 1.29 is 5.11 Å². The molecule has 0 saturated heterocycles. The molecule has 0 aliphatic heterocycles. The van der Waals surface area contributed by atoms with Crippen LogP contribution < -0.4 is 16.8 Å². The first-order chi connectivity index (χ1) is 7.78. The maximum absolute atomic E-state index is 9.82. The van der Waals surface area contributed by atoms with E-state index in [1.54, 1.807) is 12.1 Å². The van der Waals surface area contributed by atoms with Crippen LogP contribution in [-0.4, -0.2) is 22.7 Å². The summed E-state index contributed by atoms with van der Waals surface area (Å²) in [5.41, 5.74) is 11.7. The fourth-order valence-corrected chi connectivity index (χ4v) is 1.59. The second-order valence-electron chi connectivity index (χ2n) is 5.47. The van der Waals surface area contributed by atoms with Crippen molar-refractivity contribution in [1.29, 1.82) is 0 Å². The van der Waals surface area contributed by atoms with E-state index in [0.29, 0.717) is 23.9 Å². The fourth-order valence-electron chi connectivity index (χ4n) is 1.59. The summed E-state index contributed by atoms with van der Waals surface area (Å²) in [7, 11) is 0. The van der Waals surface area contributed by atoms with Crippen LogP contribution in [0.25, 0.3) is 0 Å². The van der Waals surface area contributed by atoms with Crippen LogP contribution in [0.4, 0.5) is 17.3 Å². The molecule has 1 atom stereocenters. The zero-order chi connectivity index (χ0) is 13.1. The third-order valence-electron chi connectivity index (χ3n) is 2.32. The Kier molecular flexibility index (Phi) is 4.17. The maximum atomic E-state index is 9.82. The van der Waals surface area contributed by atoms with Gasteiger partial charge in [0.15, 0.2) is 0 Å². The zero-order valence-electron chi connectivity index (χ0n) is 10.7. The number of rotatable bonds is 4. The average Bonchev–Trinajstić information content (AvgIpc) is 2.17. The standard InChI is InChI=1S/C12H22N4O/c1-12(2,3)6-8(17)7-15-10-5-4-9(13)11(14)16-10/h4-5,8,17H,6-7,13H2,1-3H3,(H3,14,15,16). The smallest absolute Gasteiger partial charge is 0.149 e. The topological polar surface area (TPSA) is 97.2 Å². The van der Waals surface area contributed by atoms with E-state index in [0.717, 1.165) is 6.42 Å². The molecule has 5 nitrogen and oxygen atoms in total. The van der Waals surface area contributed by atoms with E-state index >= 15 is 0 Å². The quantitative estimate of drug-likeness (QED) is 0.636. The van der Waals surface area contributed by atoms with Gasteiger partial charge in [-0.2, -0.15) is 0 Å². The molecular weight excluding hydrogens is 216 g/mol.